The molecular weight excluding hydrogens is 280 g/mol. The molecule has 0 spiro atoms. The molecule has 15 heavy (non-hydrogen) atoms. The first-order valence-electron chi connectivity index (χ1n) is 4.14. The van der Waals surface area contributed by atoms with Gasteiger partial charge in [-0.05, 0) is 35.0 Å². The van der Waals surface area contributed by atoms with Crippen LogP contribution in [0.4, 0.5) is 5.13 Å². The Hall–Kier alpha value is -1.14. The molecule has 0 fully saturated rings. The highest BCUT2D eigenvalue weighted by atomic mass is 79.9. The van der Waals surface area contributed by atoms with Crippen LogP contribution in [0.25, 0.3) is 0 Å². The number of hydrogen-bond donors (Lipinski definition) is 1. The van der Waals surface area contributed by atoms with E-state index in [1.54, 1.807) is 25.3 Å². The molecule has 2 aromatic heterocycles. The molecule has 1 N–H and O–H groups in total. The van der Waals surface area contributed by atoms with Crippen molar-refractivity contribution < 1.29 is 9.21 Å². The number of furan rings is 1. The summed E-state index contributed by atoms with van der Waals surface area (Å²) >= 11 is 4.61. The van der Waals surface area contributed by atoms with E-state index in [1.165, 1.54) is 11.3 Å². The predicted molar refractivity (Wildman–Crippen MR) is 61.2 cm³/mol. The van der Waals surface area contributed by atoms with E-state index >= 15 is 0 Å². The molecule has 0 aliphatic heterocycles. The van der Waals surface area contributed by atoms with E-state index in [0.29, 0.717) is 16.7 Å². The number of aryl methyl sites for hydroxylation is 1. The van der Waals surface area contributed by atoms with Gasteiger partial charge >= 0.3 is 0 Å². The Morgan fingerprint density at radius 1 is 1.60 bits per heavy atom. The van der Waals surface area contributed by atoms with Crippen molar-refractivity contribution >= 4 is 38.3 Å². The van der Waals surface area contributed by atoms with E-state index in [-0.39, 0.29) is 5.91 Å². The third-order valence-electron chi connectivity index (χ3n) is 1.66. The second kappa shape index (κ2) is 4.16. The summed E-state index contributed by atoms with van der Waals surface area (Å²) in [5.74, 6) is 0.712. The van der Waals surface area contributed by atoms with Crippen LogP contribution in [0.3, 0.4) is 0 Å². The lowest BCUT2D eigenvalue weighted by Gasteiger charge is -1.96. The lowest BCUT2D eigenvalue weighted by Crippen LogP contribution is -2.10. The van der Waals surface area contributed by atoms with E-state index in [9.17, 15) is 4.79 Å². The maximum absolute atomic E-state index is 11.6. The second-order valence-electron chi connectivity index (χ2n) is 2.83. The minimum Gasteiger partial charge on any atom is -0.456 e. The van der Waals surface area contributed by atoms with E-state index in [1.807, 2.05) is 0 Å². The molecule has 2 aromatic rings. The number of rotatable bonds is 2. The van der Waals surface area contributed by atoms with Gasteiger partial charge in [0, 0.05) is 0 Å². The van der Waals surface area contributed by atoms with Gasteiger partial charge in [0.2, 0.25) is 0 Å². The zero-order valence-corrected chi connectivity index (χ0v) is 10.2. The van der Waals surface area contributed by atoms with Crippen LogP contribution in [-0.2, 0) is 0 Å². The average Bonchev–Trinajstić information content (AvgIpc) is 2.75. The topological polar surface area (TPSA) is 55.1 Å². The standard InChI is InChI=1S/C9H7BrN2O2S/c1-5-2-3-6(14-5)8(13)12-9-11-4-7(10)15-9/h2-4H,1H3,(H,11,12,13). The van der Waals surface area contributed by atoms with Crippen molar-refractivity contribution in [2.24, 2.45) is 0 Å². The molecule has 1 amide bonds. The number of thiazole rings is 1. The first-order valence-corrected chi connectivity index (χ1v) is 5.75. The van der Waals surface area contributed by atoms with Gasteiger partial charge in [-0.3, -0.25) is 10.1 Å². The lowest BCUT2D eigenvalue weighted by molar-refractivity contribution is 0.0995. The highest BCUT2D eigenvalue weighted by Gasteiger charge is 2.11. The summed E-state index contributed by atoms with van der Waals surface area (Å²) in [6.07, 6.45) is 1.63. The predicted octanol–water partition coefficient (Wildman–Crippen LogP) is 3.06. The van der Waals surface area contributed by atoms with Crippen LogP contribution < -0.4 is 5.32 Å². The van der Waals surface area contributed by atoms with Gasteiger partial charge in [0.1, 0.15) is 5.76 Å². The number of hydrogen-bond acceptors (Lipinski definition) is 4. The number of aromatic nitrogens is 1. The summed E-state index contributed by atoms with van der Waals surface area (Å²) in [5, 5.41) is 3.18. The molecule has 2 rings (SSSR count). The first-order chi connectivity index (χ1) is 7.15. The van der Waals surface area contributed by atoms with E-state index in [2.05, 4.69) is 26.2 Å². The molecule has 0 radical (unpaired) electrons. The fourth-order valence-electron chi connectivity index (χ4n) is 1.03. The fourth-order valence-corrected chi connectivity index (χ4v) is 2.13. The summed E-state index contributed by atoms with van der Waals surface area (Å²) in [6, 6.07) is 3.37. The maximum atomic E-state index is 11.6. The Labute approximate surface area is 98.5 Å². The Kier molecular flexibility index (Phi) is 2.88. The number of carbonyl (C=O) groups excluding carboxylic acids is 1. The SMILES string of the molecule is Cc1ccc(C(=O)Nc2ncc(Br)s2)o1. The van der Waals surface area contributed by atoms with E-state index < -0.39 is 0 Å². The summed E-state index contributed by atoms with van der Waals surface area (Å²) in [4.78, 5) is 15.6. The third kappa shape index (κ3) is 2.45. The van der Waals surface area contributed by atoms with E-state index in [4.69, 9.17) is 4.42 Å². The van der Waals surface area contributed by atoms with Gasteiger partial charge in [-0.25, -0.2) is 4.98 Å². The van der Waals surface area contributed by atoms with Crippen molar-refractivity contribution in [1.82, 2.24) is 4.98 Å². The van der Waals surface area contributed by atoms with Crippen molar-refractivity contribution in [3.8, 4) is 0 Å². The molecular formula is C9H7BrN2O2S. The zero-order valence-electron chi connectivity index (χ0n) is 7.78. The van der Waals surface area contributed by atoms with Crippen LogP contribution in [0.15, 0.2) is 26.5 Å². The Morgan fingerprint density at radius 3 is 2.93 bits per heavy atom. The molecule has 0 aliphatic rings. The summed E-state index contributed by atoms with van der Waals surface area (Å²) in [6.45, 7) is 1.79. The molecule has 0 aliphatic carbocycles. The van der Waals surface area contributed by atoms with Gasteiger partial charge in [-0.15, -0.1) is 0 Å². The summed E-state index contributed by atoms with van der Waals surface area (Å²) in [5.41, 5.74) is 0. The molecule has 0 atom stereocenters. The van der Waals surface area contributed by atoms with Gasteiger partial charge in [0.25, 0.3) is 5.91 Å². The second-order valence-corrected chi connectivity index (χ2v) is 5.24. The number of halogens is 1. The van der Waals surface area contributed by atoms with Crippen LogP contribution in [0, 0.1) is 6.92 Å². The highest BCUT2D eigenvalue weighted by molar-refractivity contribution is 9.11. The van der Waals surface area contributed by atoms with Gasteiger partial charge in [-0.1, -0.05) is 11.3 Å². The van der Waals surface area contributed by atoms with Gasteiger partial charge < -0.3 is 4.42 Å². The molecule has 2 heterocycles. The van der Waals surface area contributed by atoms with Crippen LogP contribution >= 0.6 is 27.3 Å². The Bertz CT molecular complexity index is 492. The molecule has 0 saturated carbocycles. The first kappa shape index (κ1) is 10.4. The summed E-state index contributed by atoms with van der Waals surface area (Å²) in [7, 11) is 0. The zero-order chi connectivity index (χ0) is 10.8. The van der Waals surface area contributed by atoms with Crippen molar-refractivity contribution in [3.63, 3.8) is 0 Å². The van der Waals surface area contributed by atoms with Crippen LogP contribution in [-0.4, -0.2) is 10.9 Å². The fraction of sp³-hybridized carbons (Fsp3) is 0.111. The number of nitrogens with one attached hydrogen (secondary N) is 1. The average molecular weight is 287 g/mol. The third-order valence-corrected chi connectivity index (χ3v) is 3.05. The molecule has 0 bridgehead atoms. The Balaban J connectivity index is 2.10. The largest absolute Gasteiger partial charge is 0.456 e. The van der Waals surface area contributed by atoms with Crippen molar-refractivity contribution in [1.29, 1.82) is 0 Å². The maximum Gasteiger partial charge on any atom is 0.293 e. The number of amides is 1. The van der Waals surface area contributed by atoms with E-state index in [0.717, 1.165) is 3.79 Å². The number of nitrogens with zero attached hydrogens (tertiary/aromatic N) is 1. The van der Waals surface area contributed by atoms with Crippen LogP contribution in [0.2, 0.25) is 0 Å². The minimum atomic E-state index is -0.287. The number of anilines is 1. The van der Waals surface area contributed by atoms with Gasteiger partial charge in [-0.2, -0.15) is 0 Å². The summed E-state index contributed by atoms with van der Waals surface area (Å²) < 4.78 is 6.05. The molecule has 78 valence electrons. The van der Waals surface area contributed by atoms with Crippen molar-refractivity contribution in [3.05, 3.63) is 33.6 Å². The van der Waals surface area contributed by atoms with Gasteiger partial charge in [0.15, 0.2) is 10.9 Å². The van der Waals surface area contributed by atoms with Crippen LogP contribution in [0.1, 0.15) is 16.3 Å². The molecule has 6 heteroatoms. The van der Waals surface area contributed by atoms with Crippen LogP contribution in [0.5, 0.6) is 0 Å². The smallest absolute Gasteiger partial charge is 0.293 e. The molecule has 4 nitrogen and oxygen atoms in total. The molecule has 0 unspecified atom stereocenters. The quantitative estimate of drug-likeness (QED) is 0.923. The minimum absolute atomic E-state index is 0.287. The normalized spacial score (nSPS) is 10.3. The monoisotopic (exact) mass is 286 g/mol. The lowest BCUT2D eigenvalue weighted by atomic mass is 10.4. The highest BCUT2D eigenvalue weighted by Crippen LogP contribution is 2.23. The Morgan fingerprint density at radius 2 is 2.40 bits per heavy atom. The van der Waals surface area contributed by atoms with Crippen molar-refractivity contribution in [2.75, 3.05) is 5.32 Å². The van der Waals surface area contributed by atoms with Gasteiger partial charge in [0.05, 0.1) is 9.98 Å². The molecule has 0 saturated heterocycles. The van der Waals surface area contributed by atoms with Crippen molar-refractivity contribution in [2.45, 2.75) is 6.92 Å². The molecule has 0 aromatic carbocycles. The number of carbonyl (C=O) groups is 1.